The highest BCUT2D eigenvalue weighted by Crippen LogP contribution is 2.21. The van der Waals surface area contributed by atoms with Crippen LogP contribution in [-0.4, -0.2) is 36.8 Å². The number of halogens is 1. The Bertz CT molecular complexity index is 671. The van der Waals surface area contributed by atoms with E-state index in [1.165, 1.54) is 0 Å². The largest absolute Gasteiger partial charge is 0.325 e. The number of nitrogens with zero attached hydrogens (tertiary/aromatic N) is 1. The second kappa shape index (κ2) is 6.15. The van der Waals surface area contributed by atoms with Crippen molar-refractivity contribution in [2.24, 2.45) is 4.99 Å². The zero-order valence-corrected chi connectivity index (χ0v) is 13.1. The Hall–Kier alpha value is -1.05. The van der Waals surface area contributed by atoms with Crippen LogP contribution >= 0.6 is 23.4 Å². The number of sulfone groups is 1. The molecule has 0 aliphatic carbocycles. The normalized spacial score (nSPS) is 15.0. The summed E-state index contributed by atoms with van der Waals surface area (Å²) in [5.74, 6) is -0.561. The highest BCUT2D eigenvalue weighted by molar-refractivity contribution is 8.35. The van der Waals surface area contributed by atoms with Crippen LogP contribution in [0.1, 0.15) is 5.56 Å². The molecule has 1 aliphatic rings. The number of carbonyl (C=O) groups excluding carboxylic acids is 1. The maximum atomic E-state index is 11.9. The van der Waals surface area contributed by atoms with Crippen molar-refractivity contribution in [3.8, 4) is 0 Å². The third-order valence-corrected chi connectivity index (χ3v) is 6.19. The lowest BCUT2D eigenvalue weighted by atomic mass is 10.2. The highest BCUT2D eigenvalue weighted by atomic mass is 35.5. The van der Waals surface area contributed by atoms with E-state index in [0.717, 1.165) is 17.3 Å². The van der Waals surface area contributed by atoms with Gasteiger partial charge in [0.05, 0.1) is 6.54 Å². The molecule has 1 amide bonds. The van der Waals surface area contributed by atoms with E-state index < -0.39 is 21.5 Å². The summed E-state index contributed by atoms with van der Waals surface area (Å²) in [5, 5.41) is 3.04. The van der Waals surface area contributed by atoms with E-state index >= 15 is 0 Å². The molecule has 108 valence electrons. The predicted molar refractivity (Wildman–Crippen MR) is 83.4 cm³/mol. The molecule has 1 heterocycles. The highest BCUT2D eigenvalue weighted by Gasteiger charge is 2.26. The topological polar surface area (TPSA) is 75.6 Å². The molecule has 0 radical (unpaired) electrons. The summed E-state index contributed by atoms with van der Waals surface area (Å²) < 4.78 is 23.9. The Morgan fingerprint density at radius 1 is 1.50 bits per heavy atom. The molecule has 20 heavy (non-hydrogen) atoms. The van der Waals surface area contributed by atoms with Gasteiger partial charge >= 0.3 is 0 Å². The quantitative estimate of drug-likeness (QED) is 0.919. The average molecular weight is 333 g/mol. The number of thioether (sulfide) groups is 1. The fourth-order valence-electron chi connectivity index (χ4n) is 1.61. The van der Waals surface area contributed by atoms with Crippen LogP contribution in [0.25, 0.3) is 0 Å². The summed E-state index contributed by atoms with van der Waals surface area (Å²) in [6.45, 7) is 2.32. The molecule has 8 heteroatoms. The van der Waals surface area contributed by atoms with Gasteiger partial charge in [-0.1, -0.05) is 29.4 Å². The molecule has 2 rings (SSSR count). The first-order chi connectivity index (χ1) is 9.38. The number of aliphatic imine (C=N–C) groups is 1. The standard InChI is InChI=1S/C12H13ClN2O3S2/c1-8-2-3-9(6-10(8)13)15-11(16)7-20(17,18)12-14-4-5-19-12/h2-3,6H,4-5,7H2,1H3,(H,15,16). The Morgan fingerprint density at radius 3 is 2.85 bits per heavy atom. The first-order valence-electron chi connectivity index (χ1n) is 5.84. The Morgan fingerprint density at radius 2 is 2.25 bits per heavy atom. The van der Waals surface area contributed by atoms with Crippen LogP contribution in [0.15, 0.2) is 23.2 Å². The van der Waals surface area contributed by atoms with Gasteiger partial charge in [0, 0.05) is 16.5 Å². The van der Waals surface area contributed by atoms with E-state index in [0.29, 0.717) is 23.0 Å². The average Bonchev–Trinajstić information content (AvgIpc) is 2.87. The summed E-state index contributed by atoms with van der Waals surface area (Å²) in [4.78, 5) is 15.7. The summed E-state index contributed by atoms with van der Waals surface area (Å²) in [6.07, 6.45) is 0. The summed E-state index contributed by atoms with van der Waals surface area (Å²) in [7, 11) is -3.63. The lowest BCUT2D eigenvalue weighted by molar-refractivity contribution is -0.113. The van der Waals surface area contributed by atoms with Crippen LogP contribution < -0.4 is 5.32 Å². The minimum absolute atomic E-state index is 0.0505. The first kappa shape index (κ1) is 15.3. The molecule has 1 N–H and O–H groups in total. The minimum atomic E-state index is -3.63. The fraction of sp³-hybridized carbons (Fsp3) is 0.333. The van der Waals surface area contributed by atoms with E-state index in [1.807, 2.05) is 6.92 Å². The molecule has 0 unspecified atom stereocenters. The SMILES string of the molecule is Cc1ccc(NC(=O)CS(=O)(=O)C2=NCCS2)cc1Cl. The van der Waals surface area contributed by atoms with Crippen molar-refractivity contribution in [1.29, 1.82) is 0 Å². The molecule has 0 aromatic heterocycles. The van der Waals surface area contributed by atoms with E-state index in [4.69, 9.17) is 11.6 Å². The summed E-state index contributed by atoms with van der Waals surface area (Å²) in [5.41, 5.74) is 1.36. The van der Waals surface area contributed by atoms with Crippen LogP contribution in [0.3, 0.4) is 0 Å². The van der Waals surface area contributed by atoms with Crippen molar-refractivity contribution in [3.05, 3.63) is 28.8 Å². The lowest BCUT2D eigenvalue weighted by Crippen LogP contribution is -2.26. The van der Waals surface area contributed by atoms with E-state index in [9.17, 15) is 13.2 Å². The molecule has 0 saturated heterocycles. The van der Waals surface area contributed by atoms with Crippen molar-refractivity contribution in [2.75, 3.05) is 23.4 Å². The predicted octanol–water partition coefficient (Wildman–Crippen LogP) is 2.10. The minimum Gasteiger partial charge on any atom is -0.325 e. The lowest BCUT2D eigenvalue weighted by Gasteiger charge is -2.07. The third kappa shape index (κ3) is 3.74. The van der Waals surface area contributed by atoms with Crippen molar-refractivity contribution in [1.82, 2.24) is 0 Å². The molecule has 0 atom stereocenters. The number of benzene rings is 1. The maximum absolute atomic E-state index is 11.9. The monoisotopic (exact) mass is 332 g/mol. The molecule has 0 spiro atoms. The van der Waals surface area contributed by atoms with Gasteiger partial charge in [-0.05, 0) is 24.6 Å². The van der Waals surface area contributed by atoms with Gasteiger partial charge in [-0.25, -0.2) is 8.42 Å². The van der Waals surface area contributed by atoms with Crippen molar-refractivity contribution >= 4 is 49.2 Å². The number of rotatable bonds is 3. The van der Waals surface area contributed by atoms with Gasteiger partial charge in [-0.3, -0.25) is 9.79 Å². The second-order valence-corrected chi connectivity index (χ2v) is 7.92. The Kier molecular flexibility index (Phi) is 4.72. The smallest absolute Gasteiger partial charge is 0.240 e. The molecule has 0 saturated carbocycles. The van der Waals surface area contributed by atoms with Crippen LogP contribution in [-0.2, 0) is 14.6 Å². The number of hydrogen-bond donors (Lipinski definition) is 1. The van der Waals surface area contributed by atoms with Gasteiger partial charge in [0.1, 0.15) is 5.75 Å². The van der Waals surface area contributed by atoms with Crippen LogP contribution in [0.5, 0.6) is 0 Å². The van der Waals surface area contributed by atoms with E-state index in [1.54, 1.807) is 18.2 Å². The summed E-state index contributed by atoms with van der Waals surface area (Å²) >= 11 is 7.10. The third-order valence-electron chi connectivity index (χ3n) is 2.60. The summed E-state index contributed by atoms with van der Waals surface area (Å²) in [6, 6.07) is 5.01. The van der Waals surface area contributed by atoms with Gasteiger partial charge in [0.15, 0.2) is 4.38 Å². The molecule has 1 aliphatic heterocycles. The fourth-order valence-corrected chi connectivity index (χ4v) is 4.30. The number of anilines is 1. The second-order valence-electron chi connectivity index (χ2n) is 4.27. The van der Waals surface area contributed by atoms with E-state index in [2.05, 4.69) is 10.3 Å². The number of carbonyl (C=O) groups is 1. The van der Waals surface area contributed by atoms with E-state index in [-0.39, 0.29) is 4.38 Å². The zero-order chi connectivity index (χ0) is 14.8. The first-order valence-corrected chi connectivity index (χ1v) is 8.86. The van der Waals surface area contributed by atoms with Crippen molar-refractivity contribution < 1.29 is 13.2 Å². The number of hydrogen-bond acceptors (Lipinski definition) is 5. The molecule has 0 bridgehead atoms. The molecule has 5 nitrogen and oxygen atoms in total. The number of amides is 1. The van der Waals surface area contributed by atoms with Gasteiger partial charge in [0.25, 0.3) is 0 Å². The molecule has 0 fully saturated rings. The molecule has 1 aromatic rings. The van der Waals surface area contributed by atoms with Crippen LogP contribution in [0.4, 0.5) is 5.69 Å². The zero-order valence-electron chi connectivity index (χ0n) is 10.7. The Balaban J connectivity index is 2.03. The van der Waals surface area contributed by atoms with Crippen LogP contribution in [0.2, 0.25) is 5.02 Å². The number of nitrogens with one attached hydrogen (secondary N) is 1. The van der Waals surface area contributed by atoms with Gasteiger partial charge < -0.3 is 5.32 Å². The van der Waals surface area contributed by atoms with Gasteiger partial charge in [-0.15, -0.1) is 0 Å². The van der Waals surface area contributed by atoms with Gasteiger partial charge in [-0.2, -0.15) is 0 Å². The molecular formula is C12H13ClN2O3S2. The number of aryl methyl sites for hydroxylation is 1. The van der Waals surface area contributed by atoms with Crippen molar-refractivity contribution in [2.45, 2.75) is 6.92 Å². The Labute approximate surface area is 126 Å². The van der Waals surface area contributed by atoms with Crippen LogP contribution in [0, 0.1) is 6.92 Å². The van der Waals surface area contributed by atoms with Gasteiger partial charge in [0.2, 0.25) is 15.7 Å². The maximum Gasteiger partial charge on any atom is 0.240 e. The van der Waals surface area contributed by atoms with Crippen molar-refractivity contribution in [3.63, 3.8) is 0 Å². The molecule has 1 aromatic carbocycles. The molecular weight excluding hydrogens is 320 g/mol.